The first-order valence-corrected chi connectivity index (χ1v) is 9.45. The van der Waals surface area contributed by atoms with Gasteiger partial charge in [-0.25, -0.2) is 0 Å². The lowest BCUT2D eigenvalue weighted by molar-refractivity contribution is 0.0895. The Morgan fingerprint density at radius 2 is 2.00 bits per heavy atom. The van der Waals surface area contributed by atoms with Crippen molar-refractivity contribution >= 4 is 28.2 Å². The van der Waals surface area contributed by atoms with Crippen LogP contribution in [0.4, 0.5) is 5.00 Å². The molecule has 0 atom stereocenters. The molecule has 1 aliphatic rings. The predicted octanol–water partition coefficient (Wildman–Crippen LogP) is 3.48. The lowest BCUT2D eigenvalue weighted by Crippen LogP contribution is -2.44. The summed E-state index contributed by atoms with van der Waals surface area (Å²) in [5.41, 5.74) is -0.601. The van der Waals surface area contributed by atoms with Crippen molar-refractivity contribution in [1.82, 2.24) is 15.5 Å². The Morgan fingerprint density at radius 1 is 1.19 bits per heavy atom. The van der Waals surface area contributed by atoms with Crippen LogP contribution in [0.1, 0.15) is 57.6 Å². The third-order valence-corrected chi connectivity index (χ3v) is 5.58. The van der Waals surface area contributed by atoms with Crippen LogP contribution in [0.25, 0.3) is 0 Å². The highest BCUT2D eigenvalue weighted by Crippen LogP contribution is 2.38. The number of carbonyl (C=O) groups is 2. The number of aryl methyl sites for hydroxylation is 1. The molecule has 0 spiro atoms. The van der Waals surface area contributed by atoms with E-state index in [1.165, 1.54) is 17.6 Å². The standard InChI is InChI=1S/C18H18N4O4S/c1-11-19-17(22-26-11)18(8-2-3-9-18)21-16(24)13-6-7-14(27-13)20-15(23)12-5-4-10-25-12/h4-7,10H,2-3,8-9H2,1H3,(H,20,23)(H,21,24). The Bertz CT molecular complexity index is 954. The van der Waals surface area contributed by atoms with Crippen LogP contribution >= 0.6 is 11.3 Å². The van der Waals surface area contributed by atoms with Gasteiger partial charge in [0.2, 0.25) is 5.89 Å². The molecule has 0 unspecified atom stereocenters. The smallest absolute Gasteiger partial charge is 0.291 e. The Labute approximate surface area is 159 Å². The minimum atomic E-state index is -0.601. The summed E-state index contributed by atoms with van der Waals surface area (Å²) >= 11 is 1.20. The molecular formula is C18H18N4O4S. The molecule has 3 aromatic rings. The maximum absolute atomic E-state index is 12.8. The normalized spacial score (nSPS) is 15.6. The Balaban J connectivity index is 1.48. The van der Waals surface area contributed by atoms with Gasteiger partial charge in [-0.2, -0.15) is 4.98 Å². The number of furan rings is 1. The van der Waals surface area contributed by atoms with Gasteiger partial charge in [-0.15, -0.1) is 11.3 Å². The first-order valence-electron chi connectivity index (χ1n) is 8.64. The second kappa shape index (κ2) is 6.99. The first kappa shape index (κ1) is 17.5. The Kier molecular flexibility index (Phi) is 4.53. The average Bonchev–Trinajstić information content (AvgIpc) is 3.43. The molecule has 2 amide bonds. The van der Waals surface area contributed by atoms with Gasteiger partial charge in [-0.3, -0.25) is 9.59 Å². The van der Waals surface area contributed by atoms with Crippen LogP contribution in [-0.4, -0.2) is 22.0 Å². The summed E-state index contributed by atoms with van der Waals surface area (Å²) in [5.74, 6) is 0.635. The third-order valence-electron chi connectivity index (χ3n) is 4.58. The van der Waals surface area contributed by atoms with Crippen LogP contribution in [0.5, 0.6) is 0 Å². The van der Waals surface area contributed by atoms with Crippen molar-refractivity contribution in [2.24, 2.45) is 0 Å². The van der Waals surface area contributed by atoms with Crippen molar-refractivity contribution in [2.45, 2.75) is 38.1 Å². The largest absolute Gasteiger partial charge is 0.459 e. The lowest BCUT2D eigenvalue weighted by Gasteiger charge is -2.26. The number of hydrogen-bond donors (Lipinski definition) is 2. The Morgan fingerprint density at radius 3 is 2.67 bits per heavy atom. The fourth-order valence-corrected chi connectivity index (χ4v) is 4.06. The quantitative estimate of drug-likeness (QED) is 0.694. The molecule has 8 nitrogen and oxygen atoms in total. The van der Waals surface area contributed by atoms with Gasteiger partial charge in [0.05, 0.1) is 16.1 Å². The molecule has 27 heavy (non-hydrogen) atoms. The van der Waals surface area contributed by atoms with Gasteiger partial charge in [-0.1, -0.05) is 18.0 Å². The summed E-state index contributed by atoms with van der Waals surface area (Å²) in [6, 6.07) is 6.60. The molecule has 4 rings (SSSR count). The number of amides is 2. The monoisotopic (exact) mass is 386 g/mol. The van der Waals surface area contributed by atoms with Crippen molar-refractivity contribution < 1.29 is 18.5 Å². The fraction of sp³-hybridized carbons (Fsp3) is 0.333. The van der Waals surface area contributed by atoms with Crippen molar-refractivity contribution in [3.05, 3.63) is 52.9 Å². The minimum Gasteiger partial charge on any atom is -0.459 e. The summed E-state index contributed by atoms with van der Waals surface area (Å²) in [6.45, 7) is 1.73. The van der Waals surface area contributed by atoms with E-state index in [1.54, 1.807) is 31.2 Å². The number of nitrogens with one attached hydrogen (secondary N) is 2. The predicted molar refractivity (Wildman–Crippen MR) is 97.6 cm³/mol. The van der Waals surface area contributed by atoms with E-state index in [1.807, 2.05) is 0 Å². The molecule has 3 heterocycles. The van der Waals surface area contributed by atoms with Gasteiger partial charge in [-0.05, 0) is 37.1 Å². The second-order valence-corrected chi connectivity index (χ2v) is 7.56. The number of anilines is 1. The van der Waals surface area contributed by atoms with Crippen molar-refractivity contribution in [3.63, 3.8) is 0 Å². The van der Waals surface area contributed by atoms with Crippen LogP contribution in [0.3, 0.4) is 0 Å². The van der Waals surface area contributed by atoms with Crippen LogP contribution < -0.4 is 10.6 Å². The van der Waals surface area contributed by atoms with Gasteiger partial charge in [0.1, 0.15) is 5.54 Å². The molecule has 3 aromatic heterocycles. The van der Waals surface area contributed by atoms with E-state index in [0.717, 1.165) is 25.7 Å². The van der Waals surface area contributed by atoms with E-state index in [4.69, 9.17) is 8.94 Å². The van der Waals surface area contributed by atoms with Gasteiger partial charge in [0.25, 0.3) is 11.8 Å². The van der Waals surface area contributed by atoms with Crippen LogP contribution in [-0.2, 0) is 5.54 Å². The number of nitrogens with zero attached hydrogens (tertiary/aromatic N) is 2. The molecule has 1 aliphatic carbocycles. The van der Waals surface area contributed by atoms with Gasteiger partial charge in [0.15, 0.2) is 11.6 Å². The number of aromatic nitrogens is 2. The van der Waals surface area contributed by atoms with Crippen LogP contribution in [0.2, 0.25) is 0 Å². The summed E-state index contributed by atoms with van der Waals surface area (Å²) in [6.07, 6.45) is 4.95. The van der Waals surface area contributed by atoms with E-state index in [0.29, 0.717) is 21.6 Å². The van der Waals surface area contributed by atoms with Crippen molar-refractivity contribution in [2.75, 3.05) is 5.32 Å². The number of hydrogen-bond acceptors (Lipinski definition) is 7. The summed E-state index contributed by atoms with van der Waals surface area (Å²) < 4.78 is 10.2. The van der Waals surface area contributed by atoms with Crippen LogP contribution in [0.15, 0.2) is 39.5 Å². The highest BCUT2D eigenvalue weighted by atomic mass is 32.1. The zero-order chi connectivity index (χ0) is 18.9. The Hall–Kier alpha value is -2.94. The first-order chi connectivity index (χ1) is 13.1. The van der Waals surface area contributed by atoms with Gasteiger partial charge in [0, 0.05) is 6.92 Å². The summed E-state index contributed by atoms with van der Waals surface area (Å²) in [5, 5.41) is 10.4. The maximum atomic E-state index is 12.8. The SMILES string of the molecule is Cc1nc(C2(NC(=O)c3ccc(NC(=O)c4ccco4)s3)CCCC2)no1. The van der Waals surface area contributed by atoms with Gasteiger partial charge < -0.3 is 19.6 Å². The van der Waals surface area contributed by atoms with E-state index >= 15 is 0 Å². The van der Waals surface area contributed by atoms with E-state index in [-0.39, 0.29) is 17.6 Å². The molecule has 0 aromatic carbocycles. The zero-order valence-electron chi connectivity index (χ0n) is 14.7. The molecule has 1 saturated carbocycles. The summed E-state index contributed by atoms with van der Waals surface area (Å²) in [7, 11) is 0. The van der Waals surface area contributed by atoms with Crippen molar-refractivity contribution in [3.8, 4) is 0 Å². The maximum Gasteiger partial charge on any atom is 0.291 e. The molecule has 9 heteroatoms. The molecule has 0 radical (unpaired) electrons. The van der Waals surface area contributed by atoms with Gasteiger partial charge >= 0.3 is 0 Å². The molecule has 140 valence electrons. The molecule has 0 aliphatic heterocycles. The highest BCUT2D eigenvalue weighted by Gasteiger charge is 2.41. The highest BCUT2D eigenvalue weighted by molar-refractivity contribution is 7.18. The zero-order valence-corrected chi connectivity index (χ0v) is 15.5. The molecule has 1 fully saturated rings. The van der Waals surface area contributed by atoms with E-state index in [2.05, 4.69) is 20.8 Å². The van der Waals surface area contributed by atoms with Crippen molar-refractivity contribution in [1.29, 1.82) is 0 Å². The lowest BCUT2D eigenvalue weighted by atomic mass is 9.96. The number of thiophene rings is 1. The average molecular weight is 386 g/mol. The molecule has 0 bridgehead atoms. The number of rotatable bonds is 5. The second-order valence-electron chi connectivity index (χ2n) is 6.48. The topological polar surface area (TPSA) is 110 Å². The van der Waals surface area contributed by atoms with E-state index < -0.39 is 5.54 Å². The van der Waals surface area contributed by atoms with E-state index in [9.17, 15) is 9.59 Å². The van der Waals surface area contributed by atoms with Crippen LogP contribution in [0, 0.1) is 6.92 Å². The molecular weight excluding hydrogens is 368 g/mol. The minimum absolute atomic E-state index is 0.215. The number of carbonyl (C=O) groups excluding carboxylic acids is 2. The molecule has 2 N–H and O–H groups in total. The molecule has 0 saturated heterocycles. The summed E-state index contributed by atoms with van der Waals surface area (Å²) in [4.78, 5) is 29.7. The fourth-order valence-electron chi connectivity index (χ4n) is 3.26. The third kappa shape index (κ3) is 3.50.